The first-order chi connectivity index (χ1) is 19.5. The number of nitrogens with zero attached hydrogens (tertiary/aromatic N) is 1. The minimum absolute atomic E-state index is 0.157. The Hall–Kier alpha value is -2.61. The van der Waals surface area contributed by atoms with Crippen molar-refractivity contribution in [1.82, 2.24) is 5.06 Å². The Morgan fingerprint density at radius 3 is 2.14 bits per heavy atom. The summed E-state index contributed by atoms with van der Waals surface area (Å²) >= 11 is 0. The third-order valence-electron chi connectivity index (χ3n) is 8.71. The summed E-state index contributed by atoms with van der Waals surface area (Å²) in [5, 5.41) is 13.1. The van der Waals surface area contributed by atoms with E-state index in [1.165, 1.54) is 5.06 Å². The van der Waals surface area contributed by atoms with Crippen LogP contribution in [0.5, 0.6) is 0 Å². The topological polar surface area (TPSA) is 106 Å². The summed E-state index contributed by atoms with van der Waals surface area (Å²) in [4.78, 5) is 43.4. The quantitative estimate of drug-likeness (QED) is 0.151. The Labute approximate surface area is 251 Å². The van der Waals surface area contributed by atoms with Crippen LogP contribution in [0, 0.1) is 5.92 Å². The molecule has 1 aliphatic carbocycles. The Kier molecular flexibility index (Phi) is 9.09. The molecule has 0 radical (unpaired) electrons. The summed E-state index contributed by atoms with van der Waals surface area (Å²) in [5.41, 5.74) is -1.26. The van der Waals surface area contributed by atoms with Gasteiger partial charge in [0.25, 0.3) is 0 Å². The molecule has 8 nitrogen and oxygen atoms in total. The number of aliphatic hydroxyl groups is 1. The highest BCUT2D eigenvalue weighted by molar-refractivity contribution is 6.72. The molecule has 1 amide bonds. The lowest BCUT2D eigenvalue weighted by Gasteiger charge is -2.60. The number of esters is 1. The molecule has 10 heteroatoms. The predicted octanol–water partition coefficient (Wildman–Crippen LogP) is 5.45. The molecule has 0 aromatic heterocycles. The van der Waals surface area contributed by atoms with Gasteiger partial charge in [0.05, 0.1) is 18.1 Å². The van der Waals surface area contributed by atoms with E-state index in [1.54, 1.807) is 36.4 Å². The molecule has 0 unspecified atom stereocenters. The van der Waals surface area contributed by atoms with Crippen LogP contribution >= 0.6 is 0 Å². The van der Waals surface area contributed by atoms with Crippen molar-refractivity contribution in [2.75, 3.05) is 6.61 Å². The van der Waals surface area contributed by atoms with Crippen molar-refractivity contribution in [2.45, 2.75) is 88.3 Å². The average Bonchev–Trinajstić information content (AvgIpc) is 2.91. The highest BCUT2D eigenvalue weighted by Gasteiger charge is 2.65. The van der Waals surface area contributed by atoms with Crippen LogP contribution in [-0.2, 0) is 25.4 Å². The number of carbonyl (C=O) groups excluding carboxylic acids is 2. The van der Waals surface area contributed by atoms with E-state index in [9.17, 15) is 19.5 Å². The summed E-state index contributed by atoms with van der Waals surface area (Å²) in [6, 6.07) is 18.3. The number of rotatable bonds is 11. The van der Waals surface area contributed by atoms with Crippen molar-refractivity contribution < 1.29 is 33.5 Å². The Bertz CT molecular complexity index is 1290. The molecule has 4 rings (SSSR count). The van der Waals surface area contributed by atoms with Crippen LogP contribution in [-0.4, -0.2) is 67.3 Å². The molecule has 1 saturated heterocycles. The lowest BCUT2D eigenvalue weighted by molar-refractivity contribution is -0.279. The van der Waals surface area contributed by atoms with Gasteiger partial charge in [0.2, 0.25) is 5.91 Å². The maximum atomic E-state index is 13.1. The van der Waals surface area contributed by atoms with Crippen molar-refractivity contribution in [3.8, 4) is 0 Å². The molecule has 2 aromatic rings. The van der Waals surface area contributed by atoms with Crippen LogP contribution in [0.15, 0.2) is 72.8 Å². The summed E-state index contributed by atoms with van der Waals surface area (Å²) in [7, 11) is -5.02. The molecule has 0 bridgehead atoms. The monoisotopic (exact) mass is 611 g/mol. The minimum atomic E-state index is -2.74. The molecule has 0 saturated carbocycles. The Balaban J connectivity index is 1.74. The largest absolute Gasteiger partial charge is 0.459 e. The normalized spacial score (nSPS) is 26.3. The molecule has 2 aliphatic rings. The second-order valence-electron chi connectivity index (χ2n) is 13.8. The van der Waals surface area contributed by atoms with Crippen LogP contribution in [0.1, 0.15) is 42.6 Å². The first kappa shape index (κ1) is 32.3. The number of ether oxygens (including phenoxy) is 1. The zero-order valence-electron chi connectivity index (χ0n) is 25.8. The molecule has 42 heavy (non-hydrogen) atoms. The van der Waals surface area contributed by atoms with Gasteiger partial charge in [-0.15, -0.1) is 0 Å². The van der Waals surface area contributed by atoms with Gasteiger partial charge in [-0.2, -0.15) is 0 Å². The number of hydrogen-bond donors (Lipinski definition) is 2. The summed E-state index contributed by atoms with van der Waals surface area (Å²) in [6.45, 7) is 13.9. The maximum absolute atomic E-state index is 13.1. The van der Waals surface area contributed by atoms with Crippen LogP contribution in [0.4, 0.5) is 0 Å². The fourth-order valence-electron chi connectivity index (χ4n) is 5.53. The predicted molar refractivity (Wildman–Crippen MR) is 166 cm³/mol. The number of benzene rings is 2. The molecule has 1 aliphatic heterocycles. The van der Waals surface area contributed by atoms with Crippen molar-refractivity contribution in [1.29, 1.82) is 0 Å². The van der Waals surface area contributed by atoms with Gasteiger partial charge in [0.15, 0.2) is 16.6 Å². The highest BCUT2D eigenvalue weighted by Crippen LogP contribution is 2.54. The maximum Gasteiger partial charge on any atom is 0.338 e. The third kappa shape index (κ3) is 6.79. The molecule has 1 heterocycles. The van der Waals surface area contributed by atoms with Crippen molar-refractivity contribution in [3.63, 3.8) is 0 Å². The van der Waals surface area contributed by atoms with Crippen molar-refractivity contribution in [2.24, 2.45) is 5.92 Å². The fourth-order valence-corrected chi connectivity index (χ4v) is 7.38. The van der Waals surface area contributed by atoms with E-state index in [0.717, 1.165) is 5.56 Å². The van der Waals surface area contributed by atoms with Crippen LogP contribution < -0.4 is 0 Å². The second-order valence-corrected chi connectivity index (χ2v) is 22.7. The van der Waals surface area contributed by atoms with Gasteiger partial charge in [0, 0.05) is 5.92 Å². The van der Waals surface area contributed by atoms with E-state index in [0.29, 0.717) is 12.0 Å². The van der Waals surface area contributed by atoms with Crippen LogP contribution in [0.2, 0.25) is 37.8 Å². The van der Waals surface area contributed by atoms with Gasteiger partial charge in [-0.3, -0.25) is 9.63 Å². The number of carbonyl (C=O) groups is 2. The highest BCUT2D eigenvalue weighted by atomic mass is 28.4. The Morgan fingerprint density at radius 1 is 1.00 bits per heavy atom. The summed E-state index contributed by atoms with van der Waals surface area (Å²) in [5.74, 6) is -1.33. The molecule has 4 atom stereocenters. The fraction of sp³-hybridized carbons (Fsp3) is 0.500. The molecular weight excluding hydrogens is 567 g/mol. The smallest absolute Gasteiger partial charge is 0.338 e. The van der Waals surface area contributed by atoms with Gasteiger partial charge in [-0.05, 0) is 61.9 Å². The molecule has 2 aromatic carbocycles. The van der Waals surface area contributed by atoms with E-state index in [4.69, 9.17) is 14.0 Å². The average molecular weight is 612 g/mol. The number of hydrogen-bond acceptors (Lipinski definition) is 7. The first-order valence-electron chi connectivity index (χ1n) is 14.5. The van der Waals surface area contributed by atoms with E-state index < -0.39 is 50.8 Å². The molecule has 2 N–H and O–H groups in total. The lowest BCUT2D eigenvalue weighted by atomic mass is 9.63. The van der Waals surface area contributed by atoms with E-state index >= 15 is 0 Å². The van der Waals surface area contributed by atoms with Gasteiger partial charge >= 0.3 is 5.97 Å². The number of β-lactam (4-membered cyclic amide) rings is 1. The van der Waals surface area contributed by atoms with Crippen molar-refractivity contribution in [3.05, 3.63) is 83.9 Å². The standard InChI is InChI=1S/C32H45NO7Si2/c1-30(2,42(6,7)37)20-26-28(40-41(3,4)5)31(21-27(34)33(31)39-22-24-14-10-8-11-15-24)18-19-32(26,36)23-38-29(35)25-16-12-9-13-17-25/h8-19,26,28,36-37H,20-23H2,1-7H3/t26-,28+,31-,32+/m0/s1. The molecule has 1 fully saturated rings. The Morgan fingerprint density at radius 2 is 1.60 bits per heavy atom. The van der Waals surface area contributed by atoms with Crippen molar-refractivity contribution >= 4 is 28.5 Å². The van der Waals surface area contributed by atoms with Crippen LogP contribution in [0.25, 0.3) is 0 Å². The van der Waals surface area contributed by atoms with Gasteiger partial charge in [-0.25, -0.2) is 9.86 Å². The van der Waals surface area contributed by atoms with E-state index in [1.807, 2.05) is 63.3 Å². The number of hydroxylamine groups is 2. The van der Waals surface area contributed by atoms with Gasteiger partial charge in [-0.1, -0.05) is 74.5 Å². The summed E-state index contributed by atoms with van der Waals surface area (Å²) < 4.78 is 12.6. The summed E-state index contributed by atoms with van der Waals surface area (Å²) in [6.07, 6.45) is 3.31. The van der Waals surface area contributed by atoms with E-state index in [2.05, 4.69) is 19.6 Å². The SMILES string of the molecule is CC(C)(C[C@H]1[C@@H](O[Si](C)(C)C)[C@]2(C=C[C@@]1(O)COC(=O)c1ccccc1)CC(=O)N2OCc1ccccc1)[Si](C)(C)O. The first-order valence-corrected chi connectivity index (χ1v) is 20.9. The van der Waals surface area contributed by atoms with Gasteiger partial charge < -0.3 is 19.1 Å². The number of amides is 1. The lowest BCUT2D eigenvalue weighted by Crippen LogP contribution is -2.74. The zero-order valence-corrected chi connectivity index (χ0v) is 27.8. The minimum Gasteiger partial charge on any atom is -0.459 e. The van der Waals surface area contributed by atoms with Gasteiger partial charge in [0.1, 0.15) is 24.4 Å². The third-order valence-corrected chi connectivity index (χ3v) is 13.2. The zero-order chi connectivity index (χ0) is 31.0. The second kappa shape index (κ2) is 11.8. The molecule has 228 valence electrons. The van der Waals surface area contributed by atoms with E-state index in [-0.39, 0.29) is 25.5 Å². The van der Waals surface area contributed by atoms with Crippen LogP contribution in [0.3, 0.4) is 0 Å². The molecule has 1 spiro atoms. The molecular formula is C32H45NO7Si2.